The van der Waals surface area contributed by atoms with Crippen LogP contribution in [-0.4, -0.2) is 42.8 Å². The van der Waals surface area contributed by atoms with Crippen LogP contribution in [0.5, 0.6) is 11.5 Å². The number of rotatable bonds is 6. The zero-order chi connectivity index (χ0) is 21.8. The van der Waals surface area contributed by atoms with Gasteiger partial charge in [-0.3, -0.25) is 4.90 Å². The summed E-state index contributed by atoms with van der Waals surface area (Å²) in [4.78, 5) is 4.97. The van der Waals surface area contributed by atoms with Gasteiger partial charge in [-0.15, -0.1) is 0 Å². The first-order chi connectivity index (χ1) is 15.8. The van der Waals surface area contributed by atoms with Gasteiger partial charge in [-0.1, -0.05) is 42.8 Å². The van der Waals surface area contributed by atoms with Gasteiger partial charge in [0.15, 0.2) is 0 Å². The van der Waals surface area contributed by atoms with E-state index < -0.39 is 0 Å². The van der Waals surface area contributed by atoms with Gasteiger partial charge in [-0.05, 0) is 85.4 Å². The molecule has 1 N–H and O–H groups in total. The first kappa shape index (κ1) is 20.9. The Hall–Kier alpha value is -2.98. The normalized spacial score (nSPS) is 18.9. The number of piperidine rings is 1. The number of aromatic hydroxyl groups is 1. The molecule has 2 aliphatic rings. The van der Waals surface area contributed by atoms with Crippen LogP contribution in [0.25, 0.3) is 0 Å². The highest BCUT2D eigenvalue weighted by molar-refractivity contribution is 5.57. The zero-order valence-corrected chi connectivity index (χ0v) is 18.6. The van der Waals surface area contributed by atoms with E-state index in [1.54, 1.807) is 6.07 Å². The molecule has 3 aromatic carbocycles. The number of para-hydroxylation sites is 1. The number of likely N-dealkylation sites (tertiary alicyclic amines) is 1. The van der Waals surface area contributed by atoms with E-state index in [9.17, 15) is 5.11 Å². The van der Waals surface area contributed by atoms with E-state index in [1.165, 1.54) is 54.7 Å². The molecule has 2 aliphatic heterocycles. The fourth-order valence-corrected chi connectivity index (χ4v) is 5.09. The third kappa shape index (κ3) is 4.61. The van der Waals surface area contributed by atoms with E-state index in [2.05, 4.69) is 70.5 Å². The van der Waals surface area contributed by atoms with Crippen LogP contribution in [-0.2, 0) is 6.42 Å². The number of nitrogens with zero attached hydrogens (tertiary/aromatic N) is 2. The lowest BCUT2D eigenvalue weighted by atomic mass is 9.87. The van der Waals surface area contributed by atoms with E-state index in [0.29, 0.717) is 5.75 Å². The van der Waals surface area contributed by atoms with Crippen LogP contribution >= 0.6 is 0 Å². The van der Waals surface area contributed by atoms with Gasteiger partial charge in [0.25, 0.3) is 0 Å². The van der Waals surface area contributed by atoms with Gasteiger partial charge in [0.1, 0.15) is 18.1 Å². The molecule has 0 aliphatic carbocycles. The molecule has 0 spiro atoms. The molecule has 0 unspecified atom stereocenters. The number of benzene rings is 3. The van der Waals surface area contributed by atoms with E-state index >= 15 is 0 Å². The van der Waals surface area contributed by atoms with Crippen LogP contribution < -0.4 is 9.64 Å². The van der Waals surface area contributed by atoms with Crippen molar-refractivity contribution >= 4 is 5.69 Å². The summed E-state index contributed by atoms with van der Waals surface area (Å²) in [6.45, 7) is 5.06. The maximum absolute atomic E-state index is 10.0. The van der Waals surface area contributed by atoms with E-state index in [0.717, 1.165) is 31.9 Å². The number of ether oxygens (including phenoxy) is 1. The Bertz CT molecular complexity index is 1010. The molecule has 3 aromatic rings. The van der Waals surface area contributed by atoms with Gasteiger partial charge in [-0.2, -0.15) is 0 Å². The minimum absolute atomic E-state index is 0.115. The van der Waals surface area contributed by atoms with Crippen molar-refractivity contribution in [2.75, 3.05) is 37.7 Å². The number of phenolic OH excluding ortho intramolecular Hbond substituents is 1. The summed E-state index contributed by atoms with van der Waals surface area (Å²) in [5.74, 6) is 1.27. The number of hydrogen-bond acceptors (Lipinski definition) is 4. The van der Waals surface area contributed by atoms with Crippen LogP contribution in [0.15, 0.2) is 72.8 Å². The van der Waals surface area contributed by atoms with Crippen LogP contribution in [0, 0.1) is 0 Å². The van der Waals surface area contributed by atoms with Crippen molar-refractivity contribution in [3.05, 3.63) is 89.5 Å². The summed E-state index contributed by atoms with van der Waals surface area (Å²) in [6.07, 6.45) is 4.91. The third-order valence-corrected chi connectivity index (χ3v) is 6.76. The van der Waals surface area contributed by atoms with Crippen LogP contribution in [0.1, 0.15) is 42.0 Å². The Morgan fingerprint density at radius 2 is 1.62 bits per heavy atom. The van der Waals surface area contributed by atoms with Gasteiger partial charge < -0.3 is 14.7 Å². The Morgan fingerprint density at radius 3 is 2.41 bits per heavy atom. The second-order valence-corrected chi connectivity index (χ2v) is 8.88. The molecule has 166 valence electrons. The highest BCUT2D eigenvalue weighted by Gasteiger charge is 2.29. The first-order valence-electron chi connectivity index (χ1n) is 11.9. The summed E-state index contributed by atoms with van der Waals surface area (Å²) in [5.41, 5.74) is 4.95. The fraction of sp³-hybridized carbons (Fsp3) is 0.357. The summed E-state index contributed by atoms with van der Waals surface area (Å²) in [5, 5.41) is 10.0. The lowest BCUT2D eigenvalue weighted by molar-refractivity contribution is 0.183. The van der Waals surface area contributed by atoms with Crippen LogP contribution in [0.4, 0.5) is 5.69 Å². The topological polar surface area (TPSA) is 35.9 Å². The van der Waals surface area contributed by atoms with Crippen LogP contribution in [0.2, 0.25) is 0 Å². The summed E-state index contributed by atoms with van der Waals surface area (Å²) in [7, 11) is 0. The number of hydrogen-bond donors (Lipinski definition) is 1. The predicted octanol–water partition coefficient (Wildman–Crippen LogP) is 5.41. The second kappa shape index (κ2) is 9.66. The summed E-state index contributed by atoms with van der Waals surface area (Å²) < 4.78 is 6.06. The Kier molecular flexibility index (Phi) is 6.31. The summed E-state index contributed by atoms with van der Waals surface area (Å²) >= 11 is 0. The van der Waals surface area contributed by atoms with E-state index in [4.69, 9.17) is 4.74 Å². The number of anilines is 1. The monoisotopic (exact) mass is 428 g/mol. The molecule has 1 atom stereocenters. The molecule has 0 radical (unpaired) electrons. The molecule has 2 heterocycles. The van der Waals surface area contributed by atoms with Crippen molar-refractivity contribution < 1.29 is 9.84 Å². The molecule has 4 heteroatoms. The molecule has 1 saturated heterocycles. The Balaban J connectivity index is 1.35. The quantitative estimate of drug-likeness (QED) is 0.570. The van der Waals surface area contributed by atoms with Crippen molar-refractivity contribution in [1.82, 2.24) is 4.90 Å². The zero-order valence-electron chi connectivity index (χ0n) is 18.6. The smallest absolute Gasteiger partial charge is 0.119 e. The maximum atomic E-state index is 10.0. The SMILES string of the molecule is Oc1ccc2c(c1)CCN(c1ccccc1)[C@@H]2c1ccc(OCCN2CCCCC2)cc1. The molecule has 0 aromatic heterocycles. The second-order valence-electron chi connectivity index (χ2n) is 8.88. The molecular formula is C28H32N2O2. The van der Waals surface area contributed by atoms with Crippen molar-refractivity contribution in [1.29, 1.82) is 0 Å². The molecule has 1 fully saturated rings. The molecule has 0 amide bonds. The summed E-state index contributed by atoms with van der Waals surface area (Å²) in [6, 6.07) is 25.1. The van der Waals surface area contributed by atoms with Crippen molar-refractivity contribution in [2.24, 2.45) is 0 Å². The fourth-order valence-electron chi connectivity index (χ4n) is 5.09. The molecule has 5 rings (SSSR count). The molecular weight excluding hydrogens is 396 g/mol. The van der Waals surface area contributed by atoms with Gasteiger partial charge in [-0.25, -0.2) is 0 Å². The van der Waals surface area contributed by atoms with Crippen molar-refractivity contribution in [3.63, 3.8) is 0 Å². The highest BCUT2D eigenvalue weighted by atomic mass is 16.5. The number of phenols is 1. The Morgan fingerprint density at radius 1 is 0.844 bits per heavy atom. The lowest BCUT2D eigenvalue weighted by Crippen LogP contribution is -2.36. The molecule has 0 saturated carbocycles. The van der Waals surface area contributed by atoms with E-state index in [-0.39, 0.29) is 6.04 Å². The van der Waals surface area contributed by atoms with Crippen LogP contribution in [0.3, 0.4) is 0 Å². The lowest BCUT2D eigenvalue weighted by Gasteiger charge is -2.39. The average molecular weight is 429 g/mol. The number of fused-ring (bicyclic) bond motifs is 1. The Labute approximate surface area is 191 Å². The molecule has 32 heavy (non-hydrogen) atoms. The first-order valence-corrected chi connectivity index (χ1v) is 11.9. The minimum Gasteiger partial charge on any atom is -0.508 e. The third-order valence-electron chi connectivity index (χ3n) is 6.76. The minimum atomic E-state index is 0.115. The van der Waals surface area contributed by atoms with Crippen molar-refractivity contribution in [3.8, 4) is 11.5 Å². The standard InChI is InChI=1S/C28H32N2O2/c31-25-11-14-27-23(21-25)15-18-30(24-7-3-1-4-8-24)28(27)22-9-12-26(13-10-22)32-20-19-29-16-5-2-6-17-29/h1,3-4,7-14,21,28,31H,2,5-6,15-20H2/t28-/m1/s1. The van der Waals surface area contributed by atoms with E-state index in [1.807, 2.05) is 6.07 Å². The van der Waals surface area contributed by atoms with Gasteiger partial charge in [0.2, 0.25) is 0 Å². The highest BCUT2D eigenvalue weighted by Crippen LogP contribution is 2.39. The predicted molar refractivity (Wildman–Crippen MR) is 130 cm³/mol. The maximum Gasteiger partial charge on any atom is 0.119 e. The average Bonchev–Trinajstić information content (AvgIpc) is 2.85. The largest absolute Gasteiger partial charge is 0.508 e. The molecule has 4 nitrogen and oxygen atoms in total. The van der Waals surface area contributed by atoms with Gasteiger partial charge in [0.05, 0.1) is 6.04 Å². The van der Waals surface area contributed by atoms with Gasteiger partial charge >= 0.3 is 0 Å². The molecule has 0 bridgehead atoms. The van der Waals surface area contributed by atoms with Crippen molar-refractivity contribution in [2.45, 2.75) is 31.7 Å². The van der Waals surface area contributed by atoms with Gasteiger partial charge in [0, 0.05) is 18.8 Å².